The Labute approximate surface area is 103 Å². The number of hydrogen-bond donors (Lipinski definition) is 1. The van der Waals surface area contributed by atoms with Gasteiger partial charge in [-0.1, -0.05) is 0 Å². The van der Waals surface area contributed by atoms with Crippen molar-refractivity contribution < 1.29 is 0 Å². The molecule has 0 amide bonds. The Morgan fingerprint density at radius 3 is 2.00 bits per heavy atom. The Bertz CT molecular complexity index is 232. The molecule has 0 aromatic carbocycles. The summed E-state index contributed by atoms with van der Waals surface area (Å²) in [6.07, 6.45) is 7.77. The average molecular weight is 246 g/mol. The summed E-state index contributed by atoms with van der Waals surface area (Å²) in [5.74, 6) is 5.66. The Morgan fingerprint density at radius 1 is 0.933 bits per heavy atom. The van der Waals surface area contributed by atoms with E-state index in [0.29, 0.717) is 4.87 Å². The van der Waals surface area contributed by atoms with Gasteiger partial charge >= 0.3 is 0 Å². The van der Waals surface area contributed by atoms with Gasteiger partial charge in [0.2, 0.25) is 0 Å². The second kappa shape index (κ2) is 3.54. The summed E-state index contributed by atoms with van der Waals surface area (Å²) in [6.45, 7) is 1.27. The van der Waals surface area contributed by atoms with Crippen LogP contribution < -0.4 is 5.32 Å². The fourth-order valence-corrected chi connectivity index (χ4v) is 6.53. The molecule has 1 heterocycles. The zero-order valence-corrected chi connectivity index (χ0v) is 10.7. The average Bonchev–Trinajstić information content (AvgIpc) is 2.63. The van der Waals surface area contributed by atoms with Gasteiger partial charge in [0, 0.05) is 12.3 Å². The number of halogens is 1. The SMILES string of the molecule is C1CSC2(N1)C1CC3CC(C1)CC2C3.Cl. The van der Waals surface area contributed by atoms with E-state index in [9.17, 15) is 0 Å². The Morgan fingerprint density at radius 2 is 1.53 bits per heavy atom. The van der Waals surface area contributed by atoms with Gasteiger partial charge in [-0.2, -0.15) is 0 Å². The molecule has 86 valence electrons. The monoisotopic (exact) mass is 245 g/mol. The molecule has 1 saturated heterocycles. The quantitative estimate of drug-likeness (QED) is 0.705. The van der Waals surface area contributed by atoms with Gasteiger partial charge in [0.25, 0.3) is 0 Å². The van der Waals surface area contributed by atoms with Crippen LogP contribution in [-0.2, 0) is 0 Å². The smallest absolute Gasteiger partial charge is 0.0703 e. The minimum absolute atomic E-state index is 0. The number of nitrogens with one attached hydrogen (secondary N) is 1. The predicted octanol–water partition coefficient (Wildman–Crippen LogP) is 2.90. The summed E-state index contributed by atoms with van der Waals surface area (Å²) < 4.78 is 0. The van der Waals surface area contributed by atoms with E-state index in [1.807, 2.05) is 0 Å². The van der Waals surface area contributed by atoms with Crippen LogP contribution in [-0.4, -0.2) is 17.2 Å². The second-order valence-corrected chi connectivity index (χ2v) is 7.25. The molecule has 0 radical (unpaired) electrons. The Balaban J connectivity index is 0.000000722. The van der Waals surface area contributed by atoms with Crippen LogP contribution >= 0.6 is 24.2 Å². The molecule has 1 aliphatic heterocycles. The van der Waals surface area contributed by atoms with Crippen LogP contribution in [0.25, 0.3) is 0 Å². The molecule has 0 atom stereocenters. The molecule has 3 heteroatoms. The Kier molecular flexibility index (Phi) is 2.54. The summed E-state index contributed by atoms with van der Waals surface area (Å²) in [7, 11) is 0. The summed E-state index contributed by atoms with van der Waals surface area (Å²) in [5, 5.41) is 3.88. The maximum Gasteiger partial charge on any atom is 0.0703 e. The van der Waals surface area contributed by atoms with E-state index < -0.39 is 0 Å². The molecule has 5 aliphatic rings. The molecule has 0 unspecified atom stereocenters. The largest absolute Gasteiger partial charge is 0.302 e. The van der Waals surface area contributed by atoms with Crippen LogP contribution in [0.2, 0.25) is 0 Å². The number of rotatable bonds is 0. The summed E-state index contributed by atoms with van der Waals surface area (Å²) in [4.78, 5) is 0.563. The lowest BCUT2D eigenvalue weighted by atomic mass is 9.54. The van der Waals surface area contributed by atoms with Crippen molar-refractivity contribution in [3.8, 4) is 0 Å². The van der Waals surface area contributed by atoms with Gasteiger partial charge in [-0.3, -0.25) is 0 Å². The molecule has 1 spiro atoms. The fourth-order valence-electron chi connectivity index (χ4n) is 4.93. The molecule has 1 nitrogen and oxygen atoms in total. The van der Waals surface area contributed by atoms with Crippen LogP contribution in [0.3, 0.4) is 0 Å². The van der Waals surface area contributed by atoms with Gasteiger partial charge in [0.15, 0.2) is 0 Å². The molecule has 15 heavy (non-hydrogen) atoms. The molecular formula is C12H20ClNS. The van der Waals surface area contributed by atoms with E-state index in [2.05, 4.69) is 17.1 Å². The van der Waals surface area contributed by atoms with Crippen LogP contribution in [0.1, 0.15) is 32.1 Å². The minimum Gasteiger partial charge on any atom is -0.302 e. The zero-order chi connectivity index (χ0) is 9.17. The van der Waals surface area contributed by atoms with Gasteiger partial charge in [0.1, 0.15) is 0 Å². The molecule has 1 N–H and O–H groups in total. The lowest BCUT2D eigenvalue weighted by Crippen LogP contribution is -2.60. The van der Waals surface area contributed by atoms with Crippen molar-refractivity contribution in [3.63, 3.8) is 0 Å². The summed E-state index contributed by atoms with van der Waals surface area (Å²) in [6, 6.07) is 0. The molecule has 4 bridgehead atoms. The highest BCUT2D eigenvalue weighted by molar-refractivity contribution is 8.00. The highest BCUT2D eigenvalue weighted by atomic mass is 35.5. The lowest BCUT2D eigenvalue weighted by molar-refractivity contribution is -0.0261. The normalized spacial score (nSPS) is 56.0. The van der Waals surface area contributed by atoms with Crippen LogP contribution in [0.15, 0.2) is 0 Å². The van der Waals surface area contributed by atoms with Crippen molar-refractivity contribution >= 4 is 24.2 Å². The molecule has 0 aromatic heterocycles. The van der Waals surface area contributed by atoms with Crippen molar-refractivity contribution in [1.82, 2.24) is 5.32 Å². The van der Waals surface area contributed by atoms with Gasteiger partial charge in [-0.15, -0.1) is 24.2 Å². The maximum absolute atomic E-state index is 3.88. The molecule has 0 aromatic rings. The molecule has 4 aliphatic carbocycles. The van der Waals surface area contributed by atoms with Crippen molar-refractivity contribution in [2.75, 3.05) is 12.3 Å². The summed E-state index contributed by atoms with van der Waals surface area (Å²) in [5.41, 5.74) is 0. The molecule has 5 rings (SSSR count). The van der Waals surface area contributed by atoms with E-state index in [-0.39, 0.29) is 12.4 Å². The zero-order valence-electron chi connectivity index (χ0n) is 9.08. The highest BCUT2D eigenvalue weighted by Gasteiger charge is 2.58. The van der Waals surface area contributed by atoms with Gasteiger partial charge in [-0.25, -0.2) is 0 Å². The molecular weight excluding hydrogens is 226 g/mol. The van der Waals surface area contributed by atoms with Crippen molar-refractivity contribution in [3.05, 3.63) is 0 Å². The van der Waals surface area contributed by atoms with Crippen molar-refractivity contribution in [2.45, 2.75) is 37.0 Å². The third kappa shape index (κ3) is 1.34. The van der Waals surface area contributed by atoms with E-state index in [1.54, 1.807) is 32.1 Å². The highest BCUT2D eigenvalue weighted by Crippen LogP contribution is 2.62. The van der Waals surface area contributed by atoms with E-state index >= 15 is 0 Å². The summed E-state index contributed by atoms with van der Waals surface area (Å²) >= 11 is 2.27. The van der Waals surface area contributed by atoms with Crippen molar-refractivity contribution in [1.29, 1.82) is 0 Å². The minimum atomic E-state index is 0. The van der Waals surface area contributed by atoms with Crippen LogP contribution in [0.5, 0.6) is 0 Å². The van der Waals surface area contributed by atoms with E-state index in [0.717, 1.165) is 23.7 Å². The molecule has 4 saturated carbocycles. The van der Waals surface area contributed by atoms with Crippen molar-refractivity contribution in [2.24, 2.45) is 23.7 Å². The van der Waals surface area contributed by atoms with Gasteiger partial charge in [-0.05, 0) is 55.8 Å². The standard InChI is InChI=1S/C12H19NS.ClH/c1-2-14-12(13-1)10-4-8-3-9(6-10)7-11(12)5-8;/h8-11,13H,1-7H2;1H. The first-order chi connectivity index (χ1) is 6.87. The maximum atomic E-state index is 3.88. The van der Waals surface area contributed by atoms with E-state index in [4.69, 9.17) is 0 Å². The van der Waals surface area contributed by atoms with Crippen LogP contribution in [0, 0.1) is 23.7 Å². The number of hydrogen-bond acceptors (Lipinski definition) is 2. The third-order valence-electron chi connectivity index (χ3n) is 5.20. The lowest BCUT2D eigenvalue weighted by Gasteiger charge is -2.59. The topological polar surface area (TPSA) is 12.0 Å². The van der Waals surface area contributed by atoms with Crippen LogP contribution in [0.4, 0.5) is 0 Å². The first-order valence-corrected chi connectivity index (χ1v) is 7.24. The van der Waals surface area contributed by atoms with E-state index in [1.165, 1.54) is 12.3 Å². The first kappa shape index (κ1) is 10.7. The Hall–Kier alpha value is 0.600. The number of thioether (sulfide) groups is 1. The van der Waals surface area contributed by atoms with Gasteiger partial charge < -0.3 is 5.32 Å². The predicted molar refractivity (Wildman–Crippen MR) is 67.5 cm³/mol. The third-order valence-corrected chi connectivity index (χ3v) is 6.89. The first-order valence-electron chi connectivity index (χ1n) is 6.26. The molecule has 5 fully saturated rings. The second-order valence-electron chi connectivity index (χ2n) is 5.87. The van der Waals surface area contributed by atoms with Gasteiger partial charge in [0.05, 0.1) is 4.87 Å². The fraction of sp³-hybridized carbons (Fsp3) is 1.00.